The van der Waals surface area contributed by atoms with Gasteiger partial charge in [0.15, 0.2) is 0 Å². The summed E-state index contributed by atoms with van der Waals surface area (Å²) in [5.74, 6) is 0.250. The minimum atomic E-state index is -0.381. The van der Waals surface area contributed by atoms with Crippen LogP contribution in [-0.2, 0) is 9.53 Å². The molecule has 0 rings (SSSR count). The summed E-state index contributed by atoms with van der Waals surface area (Å²) >= 11 is 4.00. The molecule has 1 atom stereocenters. The number of carbonyl (C=O) groups is 1. The third-order valence-corrected chi connectivity index (χ3v) is 1.63. The highest BCUT2D eigenvalue weighted by Crippen LogP contribution is 2.11. The van der Waals surface area contributed by atoms with E-state index in [9.17, 15) is 4.79 Å². The van der Waals surface area contributed by atoms with E-state index in [1.54, 1.807) is 6.92 Å². The van der Waals surface area contributed by atoms with Gasteiger partial charge < -0.3 is 4.74 Å². The maximum Gasteiger partial charge on any atom is 0.309 e. The molecule has 0 spiro atoms. The fraction of sp³-hybridized carbons (Fsp3) is 0.875. The van der Waals surface area contributed by atoms with Gasteiger partial charge in [0, 0.05) is 5.75 Å². The van der Waals surface area contributed by atoms with Gasteiger partial charge >= 0.3 is 5.97 Å². The van der Waals surface area contributed by atoms with Crippen molar-refractivity contribution in [1.29, 1.82) is 0 Å². The molecule has 0 saturated heterocycles. The second-order valence-corrected chi connectivity index (χ2v) is 3.98. The molecular weight excluding hydrogens is 160 g/mol. The van der Waals surface area contributed by atoms with Crippen molar-refractivity contribution in [1.82, 2.24) is 0 Å². The first-order chi connectivity index (χ1) is 4.87. The van der Waals surface area contributed by atoms with Crippen LogP contribution in [0.2, 0.25) is 0 Å². The molecule has 0 aromatic carbocycles. The van der Waals surface area contributed by atoms with Crippen LogP contribution in [0.4, 0.5) is 0 Å². The van der Waals surface area contributed by atoms with Crippen LogP contribution in [0.5, 0.6) is 0 Å². The summed E-state index contributed by atoms with van der Waals surface area (Å²) in [5.41, 5.74) is -0.381. The zero-order valence-corrected chi connectivity index (χ0v) is 8.44. The predicted octanol–water partition coefficient (Wildman–Crippen LogP) is 1.89. The number of rotatable bonds is 2. The van der Waals surface area contributed by atoms with Gasteiger partial charge in [0.05, 0.1) is 5.92 Å². The highest BCUT2D eigenvalue weighted by atomic mass is 32.1. The van der Waals surface area contributed by atoms with E-state index in [1.807, 2.05) is 20.8 Å². The predicted molar refractivity (Wildman–Crippen MR) is 48.9 cm³/mol. The Labute approximate surface area is 73.7 Å². The first kappa shape index (κ1) is 10.8. The van der Waals surface area contributed by atoms with Crippen molar-refractivity contribution in [2.75, 3.05) is 5.75 Å². The van der Waals surface area contributed by atoms with Crippen LogP contribution >= 0.6 is 12.6 Å². The summed E-state index contributed by atoms with van der Waals surface area (Å²) < 4.78 is 5.10. The topological polar surface area (TPSA) is 26.3 Å². The fourth-order valence-corrected chi connectivity index (χ4v) is 0.626. The third-order valence-electron chi connectivity index (χ3n) is 1.08. The van der Waals surface area contributed by atoms with E-state index in [2.05, 4.69) is 12.6 Å². The third kappa shape index (κ3) is 5.13. The Morgan fingerprint density at radius 3 is 2.27 bits per heavy atom. The van der Waals surface area contributed by atoms with Crippen molar-refractivity contribution < 1.29 is 9.53 Å². The molecule has 0 aromatic rings. The van der Waals surface area contributed by atoms with Gasteiger partial charge in [0.1, 0.15) is 5.60 Å². The van der Waals surface area contributed by atoms with Crippen LogP contribution in [0, 0.1) is 5.92 Å². The highest BCUT2D eigenvalue weighted by Gasteiger charge is 2.20. The largest absolute Gasteiger partial charge is 0.460 e. The molecule has 2 nitrogen and oxygen atoms in total. The summed E-state index contributed by atoms with van der Waals surface area (Å²) in [6.07, 6.45) is 0. The maximum atomic E-state index is 11.1. The number of carbonyl (C=O) groups excluding carboxylic acids is 1. The van der Waals surface area contributed by atoms with Crippen molar-refractivity contribution in [2.24, 2.45) is 5.92 Å². The van der Waals surface area contributed by atoms with Crippen LogP contribution in [-0.4, -0.2) is 17.3 Å². The lowest BCUT2D eigenvalue weighted by Crippen LogP contribution is -2.28. The Morgan fingerprint density at radius 1 is 1.55 bits per heavy atom. The standard InChI is InChI=1S/C8H16O2S/c1-6(5-11)7(9)10-8(2,3)4/h6,11H,5H2,1-4H3. The lowest BCUT2D eigenvalue weighted by atomic mass is 10.1. The van der Waals surface area contributed by atoms with E-state index in [1.165, 1.54) is 0 Å². The molecule has 0 saturated carbocycles. The first-order valence-corrected chi connectivity index (χ1v) is 4.34. The van der Waals surface area contributed by atoms with Gasteiger partial charge in [-0.3, -0.25) is 4.79 Å². The number of thiol groups is 1. The van der Waals surface area contributed by atoms with E-state index < -0.39 is 0 Å². The van der Waals surface area contributed by atoms with Crippen LogP contribution in [0.15, 0.2) is 0 Å². The van der Waals surface area contributed by atoms with Gasteiger partial charge in [0.25, 0.3) is 0 Å². The van der Waals surface area contributed by atoms with Crippen molar-refractivity contribution in [3.05, 3.63) is 0 Å². The Kier molecular flexibility index (Phi) is 3.93. The second kappa shape index (κ2) is 4.00. The lowest BCUT2D eigenvalue weighted by Gasteiger charge is -2.21. The van der Waals surface area contributed by atoms with E-state index in [0.29, 0.717) is 5.75 Å². The summed E-state index contributed by atoms with van der Waals surface area (Å²) in [6, 6.07) is 0. The van der Waals surface area contributed by atoms with Crippen molar-refractivity contribution in [2.45, 2.75) is 33.3 Å². The monoisotopic (exact) mass is 176 g/mol. The van der Waals surface area contributed by atoms with Gasteiger partial charge in [-0.1, -0.05) is 6.92 Å². The molecule has 0 bridgehead atoms. The van der Waals surface area contributed by atoms with Crippen LogP contribution in [0.25, 0.3) is 0 Å². The summed E-state index contributed by atoms with van der Waals surface area (Å²) in [6.45, 7) is 7.38. The second-order valence-electron chi connectivity index (χ2n) is 3.62. The molecule has 0 fully saturated rings. The van der Waals surface area contributed by atoms with Crippen molar-refractivity contribution in [3.8, 4) is 0 Å². The van der Waals surface area contributed by atoms with E-state index in [4.69, 9.17) is 4.74 Å². The number of hydrogen-bond acceptors (Lipinski definition) is 3. The van der Waals surface area contributed by atoms with Gasteiger partial charge in [0.2, 0.25) is 0 Å². The smallest absolute Gasteiger partial charge is 0.309 e. The summed E-state index contributed by atoms with van der Waals surface area (Å²) in [4.78, 5) is 11.1. The summed E-state index contributed by atoms with van der Waals surface area (Å²) in [7, 11) is 0. The molecule has 0 aliphatic rings. The molecule has 0 aliphatic heterocycles. The molecule has 0 aromatic heterocycles. The molecule has 1 unspecified atom stereocenters. The Hall–Kier alpha value is -0.180. The number of ether oxygens (including phenoxy) is 1. The Balaban J connectivity index is 3.88. The zero-order valence-electron chi connectivity index (χ0n) is 7.55. The molecule has 0 aliphatic carbocycles. The van der Waals surface area contributed by atoms with Crippen LogP contribution in [0.1, 0.15) is 27.7 Å². The SMILES string of the molecule is CC(CS)C(=O)OC(C)(C)C. The molecular formula is C8H16O2S. The van der Waals surface area contributed by atoms with E-state index in [0.717, 1.165) is 0 Å². The van der Waals surface area contributed by atoms with E-state index in [-0.39, 0.29) is 17.5 Å². The van der Waals surface area contributed by atoms with Crippen LogP contribution in [0.3, 0.4) is 0 Å². The van der Waals surface area contributed by atoms with Crippen LogP contribution < -0.4 is 0 Å². The average Bonchev–Trinajstić information content (AvgIpc) is 1.82. The molecule has 66 valence electrons. The quantitative estimate of drug-likeness (QED) is 0.513. The van der Waals surface area contributed by atoms with Gasteiger partial charge in [-0.25, -0.2) is 0 Å². The minimum absolute atomic E-state index is 0.113. The average molecular weight is 176 g/mol. The molecule has 11 heavy (non-hydrogen) atoms. The summed E-state index contributed by atoms with van der Waals surface area (Å²) in [5, 5.41) is 0. The van der Waals surface area contributed by atoms with Gasteiger partial charge in [-0.2, -0.15) is 12.6 Å². The molecule has 0 heterocycles. The molecule has 0 radical (unpaired) electrons. The highest BCUT2D eigenvalue weighted by molar-refractivity contribution is 7.80. The van der Waals surface area contributed by atoms with Crippen molar-refractivity contribution >= 4 is 18.6 Å². The fourth-order valence-electron chi connectivity index (χ4n) is 0.477. The number of hydrogen-bond donors (Lipinski definition) is 1. The molecule has 0 N–H and O–H groups in total. The van der Waals surface area contributed by atoms with E-state index >= 15 is 0 Å². The van der Waals surface area contributed by atoms with Crippen molar-refractivity contribution in [3.63, 3.8) is 0 Å². The lowest BCUT2D eigenvalue weighted by molar-refractivity contribution is -0.158. The normalized spacial score (nSPS) is 14.3. The van der Waals surface area contributed by atoms with Gasteiger partial charge in [-0.15, -0.1) is 0 Å². The molecule has 3 heteroatoms. The minimum Gasteiger partial charge on any atom is -0.460 e. The van der Waals surface area contributed by atoms with Gasteiger partial charge in [-0.05, 0) is 20.8 Å². The zero-order chi connectivity index (χ0) is 9.07. The Morgan fingerprint density at radius 2 is 2.00 bits per heavy atom. The molecule has 0 amide bonds. The Bertz CT molecular complexity index is 138. The maximum absolute atomic E-state index is 11.1. The number of esters is 1. The first-order valence-electron chi connectivity index (χ1n) is 3.70.